The van der Waals surface area contributed by atoms with Crippen LogP contribution in [0.4, 0.5) is 0 Å². The summed E-state index contributed by atoms with van der Waals surface area (Å²) in [5, 5.41) is 6.33. The highest BCUT2D eigenvalue weighted by atomic mass is 79.9. The van der Waals surface area contributed by atoms with Gasteiger partial charge in [-0.25, -0.2) is 0 Å². The molecular formula is C9H13BrN2O2. The van der Waals surface area contributed by atoms with Crippen molar-refractivity contribution in [3.8, 4) is 0 Å². The van der Waals surface area contributed by atoms with Crippen LogP contribution < -0.4 is 5.32 Å². The summed E-state index contributed by atoms with van der Waals surface area (Å²) in [4.78, 5) is 11.8. The number of hydrogen-bond donors (Lipinski definition) is 1. The molecular weight excluding hydrogens is 248 g/mol. The van der Waals surface area contributed by atoms with Crippen LogP contribution in [0.2, 0.25) is 0 Å². The molecule has 1 atom stereocenters. The van der Waals surface area contributed by atoms with E-state index in [1.165, 1.54) is 6.20 Å². The molecule has 0 fully saturated rings. The van der Waals surface area contributed by atoms with Crippen molar-refractivity contribution >= 4 is 21.8 Å². The van der Waals surface area contributed by atoms with Gasteiger partial charge in [-0.2, -0.15) is 0 Å². The minimum Gasteiger partial charge on any atom is -0.361 e. The van der Waals surface area contributed by atoms with Gasteiger partial charge in [0.15, 0.2) is 0 Å². The first-order valence-electron chi connectivity index (χ1n) is 4.48. The molecule has 78 valence electrons. The Morgan fingerprint density at radius 3 is 3.00 bits per heavy atom. The molecule has 1 heterocycles. The van der Waals surface area contributed by atoms with Crippen LogP contribution in [0.25, 0.3) is 0 Å². The van der Waals surface area contributed by atoms with Crippen molar-refractivity contribution in [2.24, 2.45) is 0 Å². The van der Waals surface area contributed by atoms with Gasteiger partial charge in [-0.15, -0.1) is 0 Å². The topological polar surface area (TPSA) is 55.1 Å². The third-order valence-electron chi connectivity index (χ3n) is 1.92. The van der Waals surface area contributed by atoms with Crippen molar-refractivity contribution in [1.29, 1.82) is 0 Å². The number of halogens is 1. The quantitative estimate of drug-likeness (QED) is 0.842. The first kappa shape index (κ1) is 11.2. The van der Waals surface area contributed by atoms with E-state index in [9.17, 15) is 4.79 Å². The molecule has 0 spiro atoms. The van der Waals surface area contributed by atoms with Crippen LogP contribution in [0.5, 0.6) is 0 Å². The van der Waals surface area contributed by atoms with Gasteiger partial charge in [-0.3, -0.25) is 4.79 Å². The average molecular weight is 261 g/mol. The summed E-state index contributed by atoms with van der Waals surface area (Å²) >= 11 is 3.43. The van der Waals surface area contributed by atoms with Crippen LogP contribution in [0.3, 0.4) is 0 Å². The minimum absolute atomic E-state index is 0.137. The second-order valence-electron chi connectivity index (χ2n) is 3.01. The summed E-state index contributed by atoms with van der Waals surface area (Å²) in [7, 11) is 0. The van der Waals surface area contributed by atoms with Gasteiger partial charge < -0.3 is 9.84 Å². The zero-order chi connectivity index (χ0) is 10.6. The van der Waals surface area contributed by atoms with Gasteiger partial charge in [0.1, 0.15) is 11.3 Å². The Morgan fingerprint density at radius 1 is 1.79 bits per heavy atom. The number of amides is 1. The van der Waals surface area contributed by atoms with Gasteiger partial charge >= 0.3 is 0 Å². The largest absolute Gasteiger partial charge is 0.361 e. The Kier molecular flexibility index (Phi) is 4.13. The molecule has 1 amide bonds. The van der Waals surface area contributed by atoms with Crippen LogP contribution in [-0.2, 0) is 0 Å². The minimum atomic E-state index is -0.137. The smallest absolute Gasteiger partial charge is 0.256 e. The maximum atomic E-state index is 11.5. The SMILES string of the molecule is CCC(Br)CNC(=O)c1cnoc1C. The van der Waals surface area contributed by atoms with Gasteiger partial charge in [-0.05, 0) is 13.3 Å². The lowest BCUT2D eigenvalue weighted by Gasteiger charge is -2.07. The number of alkyl halides is 1. The summed E-state index contributed by atoms with van der Waals surface area (Å²) < 4.78 is 4.80. The van der Waals surface area contributed by atoms with E-state index in [0.29, 0.717) is 22.7 Å². The van der Waals surface area contributed by atoms with E-state index in [2.05, 4.69) is 33.3 Å². The molecule has 14 heavy (non-hydrogen) atoms. The normalized spacial score (nSPS) is 12.5. The molecule has 1 unspecified atom stereocenters. The number of aromatic nitrogens is 1. The zero-order valence-electron chi connectivity index (χ0n) is 8.21. The second kappa shape index (κ2) is 5.14. The Hall–Kier alpha value is -0.840. The van der Waals surface area contributed by atoms with Gasteiger partial charge in [0.2, 0.25) is 0 Å². The van der Waals surface area contributed by atoms with Crippen molar-refractivity contribution in [1.82, 2.24) is 10.5 Å². The van der Waals surface area contributed by atoms with E-state index in [0.717, 1.165) is 6.42 Å². The van der Waals surface area contributed by atoms with E-state index >= 15 is 0 Å². The molecule has 0 bridgehead atoms. The van der Waals surface area contributed by atoms with Crippen LogP contribution in [0.1, 0.15) is 29.5 Å². The predicted octanol–water partition coefficient (Wildman–Crippen LogP) is 1.89. The molecule has 5 heteroatoms. The standard InChI is InChI=1S/C9H13BrN2O2/c1-3-7(10)4-11-9(13)8-5-12-14-6(8)2/h5,7H,3-4H2,1-2H3,(H,11,13). The highest BCUT2D eigenvalue weighted by Crippen LogP contribution is 2.06. The number of carbonyl (C=O) groups excluding carboxylic acids is 1. The average Bonchev–Trinajstić information content (AvgIpc) is 2.60. The summed E-state index contributed by atoms with van der Waals surface area (Å²) in [6, 6.07) is 0. The maximum Gasteiger partial charge on any atom is 0.256 e. The molecule has 1 N–H and O–H groups in total. The first-order valence-corrected chi connectivity index (χ1v) is 5.40. The number of nitrogens with zero attached hydrogens (tertiary/aromatic N) is 1. The highest BCUT2D eigenvalue weighted by Gasteiger charge is 2.13. The summed E-state index contributed by atoms with van der Waals surface area (Å²) in [6.45, 7) is 4.38. The fourth-order valence-electron chi connectivity index (χ4n) is 0.960. The van der Waals surface area contributed by atoms with E-state index in [-0.39, 0.29) is 5.91 Å². The molecule has 0 aliphatic rings. The van der Waals surface area contributed by atoms with Gasteiger partial charge in [0.25, 0.3) is 5.91 Å². The number of aryl methyl sites for hydroxylation is 1. The predicted molar refractivity (Wildman–Crippen MR) is 56.6 cm³/mol. The fourth-order valence-corrected chi connectivity index (χ4v) is 1.12. The van der Waals surface area contributed by atoms with E-state index in [1.54, 1.807) is 6.92 Å². The fraction of sp³-hybridized carbons (Fsp3) is 0.556. The summed E-state index contributed by atoms with van der Waals surface area (Å²) in [5.74, 6) is 0.409. The second-order valence-corrected chi connectivity index (χ2v) is 4.31. The molecule has 0 saturated carbocycles. The molecule has 0 aromatic carbocycles. The van der Waals surface area contributed by atoms with E-state index in [1.807, 2.05) is 0 Å². The van der Waals surface area contributed by atoms with E-state index in [4.69, 9.17) is 4.52 Å². The Morgan fingerprint density at radius 2 is 2.50 bits per heavy atom. The van der Waals surface area contributed by atoms with Crippen LogP contribution in [0.15, 0.2) is 10.7 Å². The van der Waals surface area contributed by atoms with E-state index < -0.39 is 0 Å². The summed E-state index contributed by atoms with van der Waals surface area (Å²) in [5.41, 5.74) is 0.501. The molecule has 1 aromatic rings. The van der Waals surface area contributed by atoms with Crippen molar-refractivity contribution in [3.05, 3.63) is 17.5 Å². The third-order valence-corrected chi connectivity index (χ3v) is 2.89. The van der Waals surface area contributed by atoms with Crippen molar-refractivity contribution < 1.29 is 9.32 Å². The number of carbonyl (C=O) groups is 1. The highest BCUT2D eigenvalue weighted by molar-refractivity contribution is 9.09. The van der Waals surface area contributed by atoms with Crippen molar-refractivity contribution in [2.45, 2.75) is 25.1 Å². The van der Waals surface area contributed by atoms with Crippen LogP contribution in [-0.4, -0.2) is 22.4 Å². The number of hydrogen-bond acceptors (Lipinski definition) is 3. The molecule has 1 rings (SSSR count). The van der Waals surface area contributed by atoms with Crippen LogP contribution >= 0.6 is 15.9 Å². The lowest BCUT2D eigenvalue weighted by atomic mass is 10.2. The van der Waals surface area contributed by atoms with Gasteiger partial charge in [0, 0.05) is 11.4 Å². The molecule has 0 aliphatic carbocycles. The van der Waals surface area contributed by atoms with Crippen molar-refractivity contribution in [3.63, 3.8) is 0 Å². The number of nitrogens with one attached hydrogen (secondary N) is 1. The monoisotopic (exact) mass is 260 g/mol. The van der Waals surface area contributed by atoms with Gasteiger partial charge in [-0.1, -0.05) is 28.0 Å². The van der Waals surface area contributed by atoms with Crippen LogP contribution in [0, 0.1) is 6.92 Å². The Bertz CT molecular complexity index is 312. The molecule has 0 aliphatic heterocycles. The van der Waals surface area contributed by atoms with Crippen molar-refractivity contribution in [2.75, 3.05) is 6.54 Å². The lowest BCUT2D eigenvalue weighted by molar-refractivity contribution is 0.0952. The maximum absolute atomic E-state index is 11.5. The van der Waals surface area contributed by atoms with Gasteiger partial charge in [0.05, 0.1) is 6.20 Å². The zero-order valence-corrected chi connectivity index (χ0v) is 9.80. The first-order chi connectivity index (χ1) is 6.65. The molecule has 1 aromatic heterocycles. The third kappa shape index (κ3) is 2.83. The lowest BCUT2D eigenvalue weighted by Crippen LogP contribution is -2.29. The summed E-state index contributed by atoms with van der Waals surface area (Å²) in [6.07, 6.45) is 2.41. The molecule has 0 saturated heterocycles. The molecule has 0 radical (unpaired) electrons. The number of rotatable bonds is 4. The Labute approximate surface area is 91.2 Å². The molecule has 4 nitrogen and oxygen atoms in total. The Balaban J connectivity index is 2.47.